The van der Waals surface area contributed by atoms with E-state index in [2.05, 4.69) is 30.4 Å². The molecule has 106 valence electrons. The summed E-state index contributed by atoms with van der Waals surface area (Å²) in [5, 5.41) is 7.78. The highest BCUT2D eigenvalue weighted by Gasteiger charge is 2.08. The number of nitrogen functional groups attached to an aromatic ring is 1. The van der Waals surface area contributed by atoms with E-state index in [0.717, 1.165) is 0 Å². The molecule has 0 spiro atoms. The zero-order valence-electron chi connectivity index (χ0n) is 10.4. The van der Waals surface area contributed by atoms with Crippen LogP contribution in [-0.2, 0) is 0 Å². The van der Waals surface area contributed by atoms with Gasteiger partial charge in [0.1, 0.15) is 12.7 Å². The first kappa shape index (κ1) is 13.5. The van der Waals surface area contributed by atoms with Crippen molar-refractivity contribution in [2.45, 2.75) is 0 Å². The molecule has 0 unspecified atom stereocenters. The van der Waals surface area contributed by atoms with Crippen molar-refractivity contribution in [1.29, 1.82) is 0 Å². The van der Waals surface area contributed by atoms with Gasteiger partial charge in [0.05, 0.1) is 10.0 Å². The predicted molar refractivity (Wildman–Crippen MR) is 78.9 cm³/mol. The number of hydrogen-bond donors (Lipinski definition) is 2. The highest BCUT2D eigenvalue weighted by Crippen LogP contribution is 2.26. The second-order valence-electron chi connectivity index (χ2n) is 3.91. The lowest BCUT2D eigenvalue weighted by Gasteiger charge is -2.07. The maximum Gasteiger partial charge on any atom is 0.258 e. The average Bonchev–Trinajstić information content (AvgIpc) is 2.96. The molecule has 0 aliphatic heterocycles. The third-order valence-electron chi connectivity index (χ3n) is 2.44. The van der Waals surface area contributed by atoms with Crippen LogP contribution in [0.1, 0.15) is 0 Å². The van der Waals surface area contributed by atoms with Gasteiger partial charge in [-0.3, -0.25) is 0 Å². The van der Waals surface area contributed by atoms with Crippen LogP contribution < -0.4 is 11.1 Å². The van der Waals surface area contributed by atoms with Crippen LogP contribution in [0.2, 0.25) is 10.0 Å². The molecule has 3 rings (SSSR count). The molecule has 0 aliphatic carbocycles. The molecule has 0 aliphatic rings. The molecule has 2 aromatic heterocycles. The molecule has 10 heteroatoms. The maximum absolute atomic E-state index is 5.95. The molecule has 21 heavy (non-hydrogen) atoms. The fraction of sp³-hybridized carbons (Fsp3) is 0. The Kier molecular flexibility index (Phi) is 3.55. The quantitative estimate of drug-likeness (QED) is 0.760. The summed E-state index contributed by atoms with van der Waals surface area (Å²) in [6.45, 7) is 0. The fourth-order valence-electron chi connectivity index (χ4n) is 1.55. The van der Waals surface area contributed by atoms with Crippen LogP contribution in [0.5, 0.6) is 0 Å². The molecule has 1 aromatic carbocycles. The molecule has 0 saturated carbocycles. The third-order valence-corrected chi connectivity index (χ3v) is 3.18. The Labute approximate surface area is 129 Å². The van der Waals surface area contributed by atoms with Gasteiger partial charge in [0.25, 0.3) is 5.95 Å². The van der Waals surface area contributed by atoms with Crippen LogP contribution in [-0.4, -0.2) is 29.7 Å². The summed E-state index contributed by atoms with van der Waals surface area (Å²) in [5.74, 6) is 0.562. The number of halogens is 2. The minimum atomic E-state index is 0.0538. The standard InChI is InChI=1S/C11H8Cl2N8/c12-7-2-1-6(3-8(7)13)17-10-18-9(14)19-11(20-10)21-5-15-4-16-21/h1-5H,(H3,14,17,18,19,20). The van der Waals surface area contributed by atoms with E-state index in [1.807, 2.05) is 0 Å². The highest BCUT2D eigenvalue weighted by atomic mass is 35.5. The van der Waals surface area contributed by atoms with Crippen LogP contribution in [0.3, 0.4) is 0 Å². The first-order valence-electron chi connectivity index (χ1n) is 5.70. The number of benzene rings is 1. The van der Waals surface area contributed by atoms with Crippen molar-refractivity contribution >= 4 is 40.8 Å². The lowest BCUT2D eigenvalue weighted by atomic mass is 10.3. The zero-order chi connectivity index (χ0) is 14.8. The van der Waals surface area contributed by atoms with Crippen LogP contribution >= 0.6 is 23.2 Å². The summed E-state index contributed by atoms with van der Waals surface area (Å²) in [4.78, 5) is 16.0. The number of anilines is 3. The molecule has 0 atom stereocenters. The number of rotatable bonds is 3. The Morgan fingerprint density at radius 3 is 2.67 bits per heavy atom. The first-order chi connectivity index (χ1) is 10.1. The van der Waals surface area contributed by atoms with Crippen molar-refractivity contribution in [3.05, 3.63) is 40.9 Å². The summed E-state index contributed by atoms with van der Waals surface area (Å²) >= 11 is 11.8. The Morgan fingerprint density at radius 1 is 1.10 bits per heavy atom. The maximum atomic E-state index is 5.95. The Hall–Kier alpha value is -2.45. The minimum absolute atomic E-state index is 0.0538. The average molecular weight is 323 g/mol. The topological polar surface area (TPSA) is 107 Å². The SMILES string of the molecule is Nc1nc(Nc2ccc(Cl)c(Cl)c2)nc(-n2cncn2)n1. The van der Waals surface area contributed by atoms with Gasteiger partial charge in [0.15, 0.2) is 0 Å². The Bertz CT molecular complexity index is 774. The second-order valence-corrected chi connectivity index (χ2v) is 4.73. The van der Waals surface area contributed by atoms with Crippen LogP contribution in [0.4, 0.5) is 17.6 Å². The summed E-state index contributed by atoms with van der Waals surface area (Å²) < 4.78 is 1.37. The highest BCUT2D eigenvalue weighted by molar-refractivity contribution is 6.42. The largest absolute Gasteiger partial charge is 0.368 e. The number of nitrogens with one attached hydrogen (secondary N) is 1. The van der Waals surface area contributed by atoms with Gasteiger partial charge in [-0.2, -0.15) is 24.7 Å². The molecule has 0 fully saturated rings. The molecule has 3 N–H and O–H groups in total. The van der Waals surface area contributed by atoms with Crippen molar-refractivity contribution in [3.8, 4) is 5.95 Å². The van der Waals surface area contributed by atoms with Crippen molar-refractivity contribution in [2.75, 3.05) is 11.1 Å². The third kappa shape index (κ3) is 3.01. The minimum Gasteiger partial charge on any atom is -0.368 e. The second kappa shape index (κ2) is 5.51. The number of nitrogens with two attached hydrogens (primary N) is 1. The molecule has 0 amide bonds. The van der Waals surface area contributed by atoms with Crippen molar-refractivity contribution in [2.24, 2.45) is 0 Å². The van der Waals surface area contributed by atoms with E-state index in [1.165, 1.54) is 17.3 Å². The van der Waals surface area contributed by atoms with Crippen LogP contribution in [0.15, 0.2) is 30.9 Å². The molecular weight excluding hydrogens is 315 g/mol. The normalized spacial score (nSPS) is 10.6. The smallest absolute Gasteiger partial charge is 0.258 e. The first-order valence-corrected chi connectivity index (χ1v) is 6.46. The van der Waals surface area contributed by atoms with Gasteiger partial charge in [-0.25, -0.2) is 4.98 Å². The van der Waals surface area contributed by atoms with Gasteiger partial charge in [0, 0.05) is 5.69 Å². The number of nitrogens with zero attached hydrogens (tertiary/aromatic N) is 6. The zero-order valence-corrected chi connectivity index (χ0v) is 11.9. The monoisotopic (exact) mass is 322 g/mol. The predicted octanol–water partition coefficient (Wildman–Crippen LogP) is 2.08. The lowest BCUT2D eigenvalue weighted by Crippen LogP contribution is -2.09. The van der Waals surface area contributed by atoms with E-state index < -0.39 is 0 Å². The molecule has 0 radical (unpaired) electrons. The van der Waals surface area contributed by atoms with Gasteiger partial charge in [-0.15, -0.1) is 0 Å². The van der Waals surface area contributed by atoms with E-state index in [1.54, 1.807) is 18.2 Å². The van der Waals surface area contributed by atoms with Crippen molar-refractivity contribution in [3.63, 3.8) is 0 Å². The van der Waals surface area contributed by atoms with E-state index in [9.17, 15) is 0 Å². The molecular formula is C11H8Cl2N8. The van der Waals surface area contributed by atoms with E-state index in [0.29, 0.717) is 15.7 Å². The van der Waals surface area contributed by atoms with Crippen LogP contribution in [0, 0.1) is 0 Å². The Morgan fingerprint density at radius 2 is 1.95 bits per heavy atom. The molecule has 0 saturated heterocycles. The van der Waals surface area contributed by atoms with Gasteiger partial charge in [-0.1, -0.05) is 23.2 Å². The van der Waals surface area contributed by atoms with Gasteiger partial charge in [-0.05, 0) is 18.2 Å². The molecule has 2 heterocycles. The van der Waals surface area contributed by atoms with Crippen molar-refractivity contribution < 1.29 is 0 Å². The summed E-state index contributed by atoms with van der Waals surface area (Å²) in [7, 11) is 0. The fourth-order valence-corrected chi connectivity index (χ4v) is 1.85. The van der Waals surface area contributed by atoms with E-state index in [-0.39, 0.29) is 17.8 Å². The van der Waals surface area contributed by atoms with Gasteiger partial charge in [0.2, 0.25) is 11.9 Å². The Balaban J connectivity index is 1.93. The summed E-state index contributed by atoms with van der Waals surface area (Å²) in [5.41, 5.74) is 6.33. The molecule has 3 aromatic rings. The van der Waals surface area contributed by atoms with E-state index >= 15 is 0 Å². The number of aromatic nitrogens is 6. The molecule has 8 nitrogen and oxygen atoms in total. The van der Waals surface area contributed by atoms with E-state index in [4.69, 9.17) is 28.9 Å². The summed E-state index contributed by atoms with van der Waals surface area (Å²) in [6.07, 6.45) is 2.82. The molecule has 0 bridgehead atoms. The number of hydrogen-bond acceptors (Lipinski definition) is 7. The lowest BCUT2D eigenvalue weighted by molar-refractivity contribution is 0.800. The summed E-state index contributed by atoms with van der Waals surface area (Å²) in [6, 6.07) is 5.05. The van der Waals surface area contributed by atoms with Gasteiger partial charge < -0.3 is 11.1 Å². The van der Waals surface area contributed by atoms with Crippen LogP contribution in [0.25, 0.3) is 5.95 Å². The van der Waals surface area contributed by atoms with Crippen molar-refractivity contribution in [1.82, 2.24) is 29.7 Å². The van der Waals surface area contributed by atoms with Gasteiger partial charge >= 0.3 is 0 Å².